The maximum Gasteiger partial charge on any atom is 0.287 e. The molecule has 3 N–H and O–H groups in total. The standard InChI is InChI=1S/C19H19N5O3/c25-16(12-13-6-10-20-11-7-13)21-8-3-9-22-19(27)17-23-15-5-2-1-4-14(15)18(26)24-17/h1-2,4-7,10-11H,3,8-9,12H2,(H,21,25)(H,22,27)(H,23,24,26). The van der Waals surface area contributed by atoms with Crippen molar-refractivity contribution in [2.24, 2.45) is 0 Å². The highest BCUT2D eigenvalue weighted by molar-refractivity contribution is 5.92. The van der Waals surface area contributed by atoms with Gasteiger partial charge in [-0.2, -0.15) is 0 Å². The van der Waals surface area contributed by atoms with Crippen molar-refractivity contribution in [2.45, 2.75) is 12.8 Å². The first kappa shape index (κ1) is 18.2. The summed E-state index contributed by atoms with van der Waals surface area (Å²) in [7, 11) is 0. The number of amides is 2. The minimum atomic E-state index is -0.457. The Labute approximate surface area is 155 Å². The molecule has 0 bridgehead atoms. The summed E-state index contributed by atoms with van der Waals surface area (Å²) in [5.74, 6) is -0.575. The first-order valence-electron chi connectivity index (χ1n) is 8.56. The number of rotatable bonds is 7. The van der Waals surface area contributed by atoms with Gasteiger partial charge in [-0.1, -0.05) is 12.1 Å². The lowest BCUT2D eigenvalue weighted by atomic mass is 10.2. The molecule has 0 saturated heterocycles. The summed E-state index contributed by atoms with van der Waals surface area (Å²) in [4.78, 5) is 46.5. The Bertz CT molecular complexity index is 1000. The zero-order valence-corrected chi connectivity index (χ0v) is 14.6. The highest BCUT2D eigenvalue weighted by atomic mass is 16.2. The van der Waals surface area contributed by atoms with Crippen LogP contribution in [-0.4, -0.2) is 39.9 Å². The average molecular weight is 365 g/mol. The van der Waals surface area contributed by atoms with E-state index in [2.05, 4.69) is 25.6 Å². The van der Waals surface area contributed by atoms with E-state index in [0.29, 0.717) is 30.4 Å². The van der Waals surface area contributed by atoms with E-state index in [1.54, 1.807) is 48.8 Å². The maximum absolute atomic E-state index is 12.1. The molecule has 3 rings (SSSR count). The van der Waals surface area contributed by atoms with Gasteiger partial charge in [0.05, 0.1) is 17.3 Å². The van der Waals surface area contributed by atoms with Gasteiger partial charge in [0.2, 0.25) is 5.91 Å². The monoisotopic (exact) mass is 365 g/mol. The summed E-state index contributed by atoms with van der Waals surface area (Å²) in [5, 5.41) is 5.91. The number of H-pyrrole nitrogens is 1. The molecule has 0 aliphatic carbocycles. The fourth-order valence-corrected chi connectivity index (χ4v) is 2.54. The number of nitrogens with zero attached hydrogens (tertiary/aromatic N) is 2. The van der Waals surface area contributed by atoms with Crippen LogP contribution in [0.15, 0.2) is 53.6 Å². The highest BCUT2D eigenvalue weighted by Gasteiger charge is 2.10. The van der Waals surface area contributed by atoms with Gasteiger partial charge in [0.25, 0.3) is 11.5 Å². The fraction of sp³-hybridized carbons (Fsp3) is 0.211. The van der Waals surface area contributed by atoms with Crippen LogP contribution in [0.25, 0.3) is 10.9 Å². The Morgan fingerprint density at radius 3 is 2.56 bits per heavy atom. The molecule has 0 atom stereocenters. The van der Waals surface area contributed by atoms with Gasteiger partial charge in [-0.05, 0) is 36.2 Å². The number of aromatic nitrogens is 3. The number of hydrogen-bond acceptors (Lipinski definition) is 5. The third-order valence-electron chi connectivity index (χ3n) is 3.90. The fourth-order valence-electron chi connectivity index (χ4n) is 2.54. The molecule has 0 aliphatic rings. The number of carbonyl (C=O) groups is 2. The summed E-state index contributed by atoms with van der Waals surface area (Å²) in [6.45, 7) is 0.788. The predicted octanol–water partition coefficient (Wildman–Crippen LogP) is 0.797. The molecule has 2 aromatic heterocycles. The van der Waals surface area contributed by atoms with Crippen LogP contribution in [0.5, 0.6) is 0 Å². The lowest BCUT2D eigenvalue weighted by molar-refractivity contribution is -0.120. The number of nitrogens with one attached hydrogen (secondary N) is 3. The van der Waals surface area contributed by atoms with E-state index >= 15 is 0 Å². The molecule has 0 spiro atoms. The Morgan fingerprint density at radius 1 is 1.00 bits per heavy atom. The summed E-state index contributed by atoms with van der Waals surface area (Å²) in [6.07, 6.45) is 4.13. The highest BCUT2D eigenvalue weighted by Crippen LogP contribution is 2.05. The van der Waals surface area contributed by atoms with Crippen LogP contribution < -0.4 is 16.2 Å². The molecule has 0 unspecified atom stereocenters. The second kappa shape index (κ2) is 8.70. The SMILES string of the molecule is O=C(Cc1ccncc1)NCCCNC(=O)c1nc2ccccc2c(=O)[nH]1. The van der Waals surface area contributed by atoms with E-state index in [9.17, 15) is 14.4 Å². The largest absolute Gasteiger partial charge is 0.356 e. The predicted molar refractivity (Wildman–Crippen MR) is 100 cm³/mol. The van der Waals surface area contributed by atoms with Gasteiger partial charge < -0.3 is 15.6 Å². The summed E-state index contributed by atoms with van der Waals surface area (Å²) >= 11 is 0. The van der Waals surface area contributed by atoms with Crippen LogP contribution in [-0.2, 0) is 11.2 Å². The Morgan fingerprint density at radius 2 is 1.74 bits per heavy atom. The molecule has 2 amide bonds. The molecular weight excluding hydrogens is 346 g/mol. The van der Waals surface area contributed by atoms with E-state index in [1.165, 1.54) is 0 Å². The second-order valence-corrected chi connectivity index (χ2v) is 5.92. The maximum atomic E-state index is 12.1. The molecular formula is C19H19N5O3. The molecule has 0 fully saturated rings. The number of carbonyl (C=O) groups excluding carboxylic acids is 2. The third-order valence-corrected chi connectivity index (χ3v) is 3.90. The smallest absolute Gasteiger partial charge is 0.287 e. The molecule has 0 saturated carbocycles. The van der Waals surface area contributed by atoms with Crippen molar-refractivity contribution < 1.29 is 9.59 Å². The van der Waals surface area contributed by atoms with Gasteiger partial charge >= 0.3 is 0 Å². The van der Waals surface area contributed by atoms with Crippen molar-refractivity contribution >= 4 is 22.7 Å². The van der Waals surface area contributed by atoms with E-state index in [4.69, 9.17) is 0 Å². The summed E-state index contributed by atoms with van der Waals surface area (Å²) < 4.78 is 0. The van der Waals surface area contributed by atoms with Crippen LogP contribution >= 0.6 is 0 Å². The minimum absolute atomic E-state index is 0.0274. The zero-order chi connectivity index (χ0) is 19.1. The number of fused-ring (bicyclic) bond motifs is 1. The topological polar surface area (TPSA) is 117 Å². The van der Waals surface area contributed by atoms with Crippen LogP contribution in [0, 0.1) is 0 Å². The second-order valence-electron chi connectivity index (χ2n) is 5.92. The van der Waals surface area contributed by atoms with E-state index < -0.39 is 5.91 Å². The lowest BCUT2D eigenvalue weighted by Crippen LogP contribution is -2.32. The Hall–Kier alpha value is -3.55. The van der Waals surface area contributed by atoms with Gasteiger partial charge in [-0.15, -0.1) is 0 Å². The molecule has 27 heavy (non-hydrogen) atoms. The van der Waals surface area contributed by atoms with E-state index in [-0.39, 0.29) is 23.7 Å². The van der Waals surface area contributed by atoms with Crippen molar-refractivity contribution in [3.63, 3.8) is 0 Å². The van der Waals surface area contributed by atoms with Crippen LogP contribution in [0.2, 0.25) is 0 Å². The third kappa shape index (κ3) is 4.97. The molecule has 8 heteroatoms. The van der Waals surface area contributed by atoms with Crippen LogP contribution in [0.3, 0.4) is 0 Å². The molecule has 8 nitrogen and oxygen atoms in total. The van der Waals surface area contributed by atoms with Gasteiger partial charge in [0.15, 0.2) is 5.82 Å². The normalized spacial score (nSPS) is 10.5. The zero-order valence-electron chi connectivity index (χ0n) is 14.6. The quantitative estimate of drug-likeness (QED) is 0.535. The molecule has 0 aliphatic heterocycles. The Balaban J connectivity index is 1.43. The van der Waals surface area contributed by atoms with Gasteiger partial charge in [0, 0.05) is 25.5 Å². The molecule has 0 radical (unpaired) electrons. The molecule has 138 valence electrons. The number of benzene rings is 1. The number of para-hydroxylation sites is 1. The Kier molecular flexibility index (Phi) is 5.88. The number of hydrogen-bond donors (Lipinski definition) is 3. The average Bonchev–Trinajstić information content (AvgIpc) is 2.68. The molecule has 2 heterocycles. The van der Waals surface area contributed by atoms with Gasteiger partial charge in [-0.3, -0.25) is 19.4 Å². The first-order chi connectivity index (χ1) is 13.1. The van der Waals surface area contributed by atoms with Crippen molar-refractivity contribution in [1.29, 1.82) is 0 Å². The first-order valence-corrected chi connectivity index (χ1v) is 8.56. The van der Waals surface area contributed by atoms with Crippen molar-refractivity contribution in [3.8, 4) is 0 Å². The minimum Gasteiger partial charge on any atom is -0.356 e. The van der Waals surface area contributed by atoms with Crippen molar-refractivity contribution in [3.05, 3.63) is 70.5 Å². The summed E-state index contributed by atoms with van der Waals surface area (Å²) in [5.41, 5.74) is 1.01. The van der Waals surface area contributed by atoms with Crippen LogP contribution in [0.4, 0.5) is 0 Å². The van der Waals surface area contributed by atoms with Crippen LogP contribution in [0.1, 0.15) is 22.6 Å². The summed E-state index contributed by atoms with van der Waals surface area (Å²) in [6, 6.07) is 10.4. The molecule has 3 aromatic rings. The van der Waals surface area contributed by atoms with Gasteiger partial charge in [0.1, 0.15) is 0 Å². The number of pyridine rings is 1. The lowest BCUT2D eigenvalue weighted by Gasteiger charge is -2.07. The van der Waals surface area contributed by atoms with E-state index in [1.807, 2.05) is 0 Å². The van der Waals surface area contributed by atoms with Crippen molar-refractivity contribution in [2.75, 3.05) is 13.1 Å². The number of aromatic amines is 1. The van der Waals surface area contributed by atoms with Gasteiger partial charge in [-0.25, -0.2) is 4.98 Å². The molecule has 1 aromatic carbocycles. The van der Waals surface area contributed by atoms with Crippen molar-refractivity contribution in [1.82, 2.24) is 25.6 Å². The van der Waals surface area contributed by atoms with E-state index in [0.717, 1.165) is 5.56 Å².